The van der Waals surface area contributed by atoms with Crippen molar-refractivity contribution in [3.63, 3.8) is 0 Å². The van der Waals surface area contributed by atoms with Crippen LogP contribution >= 0.6 is 0 Å². The third-order valence-corrected chi connectivity index (χ3v) is 6.67. The van der Waals surface area contributed by atoms with E-state index < -0.39 is 0 Å². The zero-order valence-corrected chi connectivity index (χ0v) is 15.2. The largest absolute Gasteiger partial charge is 0.496 e. The Hall–Kier alpha value is -2.10. The highest BCUT2D eigenvalue weighted by Crippen LogP contribution is 2.58. The van der Waals surface area contributed by atoms with Gasteiger partial charge in [0.05, 0.1) is 7.11 Å². The quantitative estimate of drug-likeness (QED) is 0.908. The van der Waals surface area contributed by atoms with Crippen molar-refractivity contribution in [2.75, 3.05) is 12.8 Å². The van der Waals surface area contributed by atoms with Crippen LogP contribution < -0.4 is 10.5 Å². The van der Waals surface area contributed by atoms with E-state index in [0.717, 1.165) is 18.0 Å². The normalized spacial score (nSPS) is 28.1. The predicted octanol–water partition coefficient (Wildman–Crippen LogP) is 4.21. The van der Waals surface area contributed by atoms with Crippen LogP contribution in [0.5, 0.6) is 5.75 Å². The van der Waals surface area contributed by atoms with Crippen molar-refractivity contribution < 1.29 is 4.74 Å². The second-order valence-corrected chi connectivity index (χ2v) is 8.04. The number of ether oxygens (including phenoxy) is 1. The lowest BCUT2D eigenvalue weighted by Crippen LogP contribution is -2.45. The predicted molar refractivity (Wildman–Crippen MR) is 99.7 cm³/mol. The number of hydrogen-bond donors (Lipinski definition) is 1. The number of hydrogen-bond acceptors (Lipinski definition) is 4. The maximum atomic E-state index is 5.83. The number of anilines is 1. The Kier molecular flexibility index (Phi) is 3.94. The fraction of sp³-hybridized carbons (Fsp3) is 0.524. The molecule has 1 heterocycles. The Morgan fingerprint density at radius 1 is 1.08 bits per heavy atom. The zero-order valence-electron chi connectivity index (χ0n) is 15.2. The van der Waals surface area contributed by atoms with Crippen LogP contribution in [-0.4, -0.2) is 17.1 Å². The third kappa shape index (κ3) is 2.88. The molecule has 0 amide bonds. The van der Waals surface area contributed by atoms with Crippen molar-refractivity contribution in [3.05, 3.63) is 47.4 Å². The molecule has 4 heteroatoms. The smallest absolute Gasteiger partial charge is 0.131 e. The lowest BCUT2D eigenvalue weighted by Gasteiger charge is -2.54. The van der Waals surface area contributed by atoms with Gasteiger partial charge in [0.15, 0.2) is 0 Å². The van der Waals surface area contributed by atoms with Crippen molar-refractivity contribution in [1.29, 1.82) is 0 Å². The molecule has 5 rings (SSSR count). The van der Waals surface area contributed by atoms with E-state index in [1.54, 1.807) is 19.4 Å². The second-order valence-electron chi connectivity index (χ2n) is 8.04. The molecule has 1 aromatic carbocycles. The van der Waals surface area contributed by atoms with Gasteiger partial charge in [0.2, 0.25) is 0 Å². The van der Waals surface area contributed by atoms with Crippen molar-refractivity contribution in [2.24, 2.45) is 5.41 Å². The topological polar surface area (TPSA) is 61.0 Å². The summed E-state index contributed by atoms with van der Waals surface area (Å²) in [6, 6.07) is 8.53. The highest BCUT2D eigenvalue weighted by Gasteiger charge is 2.49. The van der Waals surface area contributed by atoms with Crippen LogP contribution in [0.15, 0.2) is 30.5 Å². The van der Waals surface area contributed by atoms with Gasteiger partial charge in [-0.2, -0.15) is 0 Å². The molecular weight excluding hydrogens is 310 g/mol. The van der Waals surface area contributed by atoms with Gasteiger partial charge in [0.25, 0.3) is 0 Å². The maximum absolute atomic E-state index is 5.83. The van der Waals surface area contributed by atoms with Crippen LogP contribution in [0.2, 0.25) is 0 Å². The fourth-order valence-corrected chi connectivity index (χ4v) is 5.01. The number of aryl methyl sites for hydroxylation is 1. The summed E-state index contributed by atoms with van der Waals surface area (Å²) in [5.41, 5.74) is 9.30. The minimum Gasteiger partial charge on any atom is -0.496 e. The van der Waals surface area contributed by atoms with Gasteiger partial charge in [-0.1, -0.05) is 12.1 Å². The summed E-state index contributed by atoms with van der Waals surface area (Å²) >= 11 is 0. The minimum absolute atomic E-state index is 0.357. The van der Waals surface area contributed by atoms with Gasteiger partial charge >= 0.3 is 0 Å². The third-order valence-electron chi connectivity index (χ3n) is 6.67. The minimum atomic E-state index is 0.357. The Balaban J connectivity index is 1.53. The van der Waals surface area contributed by atoms with E-state index in [0.29, 0.717) is 16.6 Å². The van der Waals surface area contributed by atoms with E-state index in [1.165, 1.54) is 49.7 Å². The highest BCUT2D eigenvalue weighted by molar-refractivity contribution is 5.40. The first-order valence-corrected chi connectivity index (χ1v) is 9.27. The summed E-state index contributed by atoms with van der Waals surface area (Å²) in [5, 5.41) is 0. The molecule has 0 radical (unpaired) electrons. The standard InChI is InChI=1S/C21H27N3O/c1-15-13-16(3-4-17(15)25-2)21-9-6-20(7-10-21,8-11-21)14-19-23-12-5-18(22)24-19/h3-5,12-13H,6-11,14H2,1-2H3,(H2,22,23,24). The monoisotopic (exact) mass is 337 g/mol. The van der Waals surface area contributed by atoms with Crippen molar-refractivity contribution in [3.8, 4) is 5.75 Å². The summed E-state index contributed by atoms with van der Waals surface area (Å²) in [4.78, 5) is 8.88. The number of fused-ring (bicyclic) bond motifs is 3. The molecule has 3 aliphatic carbocycles. The molecule has 0 spiro atoms. The Morgan fingerprint density at radius 3 is 2.40 bits per heavy atom. The van der Waals surface area contributed by atoms with Crippen LogP contribution in [-0.2, 0) is 11.8 Å². The second kappa shape index (κ2) is 6.01. The van der Waals surface area contributed by atoms with Crippen LogP contribution in [0.3, 0.4) is 0 Å². The first-order valence-electron chi connectivity index (χ1n) is 9.27. The zero-order chi connectivity index (χ0) is 17.5. The molecule has 132 valence electrons. The van der Waals surface area contributed by atoms with Gasteiger partial charge < -0.3 is 10.5 Å². The first kappa shape index (κ1) is 16.4. The molecule has 0 aliphatic heterocycles. The first-order chi connectivity index (χ1) is 12.0. The SMILES string of the molecule is COc1ccc(C23CCC(Cc4nccc(N)n4)(CC2)CC3)cc1C. The van der Waals surface area contributed by atoms with Gasteiger partial charge in [-0.05, 0) is 79.5 Å². The van der Waals surface area contributed by atoms with Gasteiger partial charge in [0, 0.05) is 12.6 Å². The Morgan fingerprint density at radius 2 is 1.80 bits per heavy atom. The number of nitrogen functional groups attached to an aromatic ring is 1. The van der Waals surface area contributed by atoms with Crippen molar-refractivity contribution in [1.82, 2.24) is 9.97 Å². The molecule has 2 bridgehead atoms. The van der Waals surface area contributed by atoms with Gasteiger partial charge in [-0.15, -0.1) is 0 Å². The van der Waals surface area contributed by atoms with Crippen molar-refractivity contribution >= 4 is 5.82 Å². The molecule has 4 nitrogen and oxygen atoms in total. The van der Waals surface area contributed by atoms with Crippen molar-refractivity contribution in [2.45, 2.75) is 57.3 Å². The maximum Gasteiger partial charge on any atom is 0.131 e. The number of methoxy groups -OCH3 is 1. The average molecular weight is 337 g/mol. The average Bonchev–Trinajstić information content (AvgIpc) is 2.63. The summed E-state index contributed by atoms with van der Waals surface area (Å²) in [6.45, 7) is 2.14. The van der Waals surface area contributed by atoms with E-state index in [2.05, 4.69) is 35.1 Å². The number of rotatable bonds is 4. The Labute approximate surface area is 149 Å². The summed E-state index contributed by atoms with van der Waals surface area (Å²) in [5.74, 6) is 2.48. The number of aromatic nitrogens is 2. The van der Waals surface area contributed by atoms with E-state index in [-0.39, 0.29) is 0 Å². The molecule has 0 saturated heterocycles. The molecule has 2 aromatic rings. The Bertz CT molecular complexity index is 762. The van der Waals surface area contributed by atoms with E-state index in [4.69, 9.17) is 10.5 Å². The number of nitrogens with zero attached hydrogens (tertiary/aromatic N) is 2. The molecule has 3 fully saturated rings. The molecule has 0 unspecified atom stereocenters. The molecule has 3 saturated carbocycles. The van der Waals surface area contributed by atoms with E-state index >= 15 is 0 Å². The molecule has 25 heavy (non-hydrogen) atoms. The van der Waals surface area contributed by atoms with Gasteiger partial charge in [-0.3, -0.25) is 0 Å². The van der Waals surface area contributed by atoms with Gasteiger partial charge in [-0.25, -0.2) is 9.97 Å². The van der Waals surface area contributed by atoms with Gasteiger partial charge in [0.1, 0.15) is 17.4 Å². The summed E-state index contributed by atoms with van der Waals surface area (Å²) < 4.78 is 5.43. The molecule has 2 N–H and O–H groups in total. The van der Waals surface area contributed by atoms with E-state index in [9.17, 15) is 0 Å². The van der Waals surface area contributed by atoms with Crippen LogP contribution in [0.1, 0.15) is 55.5 Å². The number of nitrogens with two attached hydrogens (primary N) is 1. The summed E-state index contributed by atoms with van der Waals surface area (Å²) in [6.07, 6.45) is 10.3. The highest BCUT2D eigenvalue weighted by atomic mass is 16.5. The molecule has 3 aliphatic rings. The lowest BCUT2D eigenvalue weighted by atomic mass is 9.51. The van der Waals surface area contributed by atoms with Crippen LogP contribution in [0, 0.1) is 12.3 Å². The van der Waals surface area contributed by atoms with E-state index in [1.807, 2.05) is 0 Å². The lowest BCUT2D eigenvalue weighted by molar-refractivity contribution is 0.0384. The molecule has 0 atom stereocenters. The molecule has 1 aromatic heterocycles. The number of benzene rings is 1. The van der Waals surface area contributed by atoms with Crippen LogP contribution in [0.25, 0.3) is 0 Å². The molecular formula is C21H27N3O. The van der Waals surface area contributed by atoms with Crippen LogP contribution in [0.4, 0.5) is 5.82 Å². The summed E-state index contributed by atoms with van der Waals surface area (Å²) in [7, 11) is 1.74. The fourth-order valence-electron chi connectivity index (χ4n) is 5.01.